The topological polar surface area (TPSA) is 96.8 Å². The van der Waals surface area contributed by atoms with Gasteiger partial charge in [0.25, 0.3) is 15.6 Å². The first-order chi connectivity index (χ1) is 14.8. The average molecular weight is 438 g/mol. The van der Waals surface area contributed by atoms with Crippen molar-refractivity contribution in [1.29, 1.82) is 0 Å². The molecule has 9 heteroatoms. The van der Waals surface area contributed by atoms with E-state index in [-0.39, 0.29) is 16.1 Å². The van der Waals surface area contributed by atoms with Gasteiger partial charge in [0.15, 0.2) is 5.82 Å². The Bertz CT molecular complexity index is 1360. The highest BCUT2D eigenvalue weighted by molar-refractivity contribution is 7.92. The van der Waals surface area contributed by atoms with E-state index in [1.54, 1.807) is 0 Å². The molecule has 0 radical (unpaired) electrons. The third-order valence-electron chi connectivity index (χ3n) is 4.77. The molecule has 2 N–H and O–H groups in total. The first-order valence-corrected chi connectivity index (χ1v) is 10.9. The summed E-state index contributed by atoms with van der Waals surface area (Å²) in [5, 5.41) is 3.02. The lowest BCUT2D eigenvalue weighted by molar-refractivity contribution is 0.599. The first kappa shape index (κ1) is 20.5. The highest BCUT2D eigenvalue weighted by atomic mass is 32.2. The van der Waals surface area contributed by atoms with Gasteiger partial charge in [-0.15, -0.1) is 0 Å². The van der Waals surface area contributed by atoms with Gasteiger partial charge in [0.1, 0.15) is 5.82 Å². The van der Waals surface area contributed by atoms with Crippen molar-refractivity contribution in [1.82, 2.24) is 14.8 Å². The third-order valence-corrected chi connectivity index (χ3v) is 6.17. The molecule has 158 valence electrons. The van der Waals surface area contributed by atoms with E-state index in [1.165, 1.54) is 35.1 Å². The maximum absolute atomic E-state index is 13.0. The number of pyridine rings is 1. The molecule has 0 bridgehead atoms. The van der Waals surface area contributed by atoms with Crippen LogP contribution in [0, 0.1) is 12.7 Å². The number of anilines is 1. The van der Waals surface area contributed by atoms with E-state index in [0.29, 0.717) is 17.8 Å². The minimum absolute atomic E-state index is 0.0697. The van der Waals surface area contributed by atoms with E-state index >= 15 is 0 Å². The molecule has 0 saturated heterocycles. The SMILES string of the molecule is Cc1[nH]n(-c2ccc(NS(=O)(=O)c3ccc(F)cc3)cn2)c(=O)c1Cc1ccccc1. The number of sulfonamides is 1. The van der Waals surface area contributed by atoms with Crippen LogP contribution in [0.5, 0.6) is 0 Å². The fraction of sp³-hybridized carbons (Fsp3) is 0.0909. The number of benzene rings is 2. The maximum atomic E-state index is 13.0. The lowest BCUT2D eigenvalue weighted by Crippen LogP contribution is -2.19. The van der Waals surface area contributed by atoms with Crippen LogP contribution in [-0.4, -0.2) is 23.2 Å². The summed E-state index contributed by atoms with van der Waals surface area (Å²) in [7, 11) is -3.89. The van der Waals surface area contributed by atoms with Crippen LogP contribution in [0.2, 0.25) is 0 Å². The zero-order valence-corrected chi connectivity index (χ0v) is 17.4. The Hall–Kier alpha value is -3.72. The average Bonchev–Trinajstić information content (AvgIpc) is 3.03. The summed E-state index contributed by atoms with van der Waals surface area (Å²) in [5.74, 6) is -0.194. The minimum atomic E-state index is -3.89. The van der Waals surface area contributed by atoms with E-state index in [4.69, 9.17) is 0 Å². The standard InChI is InChI=1S/C22H19FN4O3S/c1-15-20(13-16-5-3-2-4-6-16)22(28)27(25-15)21-12-9-18(14-24-21)26-31(29,30)19-10-7-17(23)8-11-19/h2-12,14,25-26H,13H2,1H3. The van der Waals surface area contributed by atoms with Crippen molar-refractivity contribution >= 4 is 15.7 Å². The van der Waals surface area contributed by atoms with Crippen molar-refractivity contribution < 1.29 is 12.8 Å². The Morgan fingerprint density at radius 3 is 2.39 bits per heavy atom. The van der Waals surface area contributed by atoms with Gasteiger partial charge in [0.2, 0.25) is 0 Å². The Labute approximate surface area is 178 Å². The lowest BCUT2D eigenvalue weighted by atomic mass is 10.1. The second kappa shape index (κ2) is 8.19. The number of aromatic nitrogens is 3. The second-order valence-electron chi connectivity index (χ2n) is 6.98. The molecule has 0 fully saturated rings. The first-order valence-electron chi connectivity index (χ1n) is 9.43. The molecular weight excluding hydrogens is 419 g/mol. The highest BCUT2D eigenvalue weighted by Crippen LogP contribution is 2.17. The van der Waals surface area contributed by atoms with Crippen LogP contribution in [0.4, 0.5) is 10.1 Å². The molecule has 0 saturated carbocycles. The summed E-state index contributed by atoms with van der Waals surface area (Å²) < 4.78 is 41.6. The minimum Gasteiger partial charge on any atom is -0.294 e. The van der Waals surface area contributed by atoms with E-state index in [0.717, 1.165) is 23.4 Å². The monoisotopic (exact) mass is 438 g/mol. The molecule has 2 aromatic heterocycles. The molecule has 7 nitrogen and oxygen atoms in total. The van der Waals surface area contributed by atoms with E-state index in [1.807, 2.05) is 37.3 Å². The van der Waals surface area contributed by atoms with Crippen LogP contribution < -0.4 is 10.3 Å². The normalized spacial score (nSPS) is 11.4. The molecular formula is C22H19FN4O3S. The molecule has 0 atom stereocenters. The van der Waals surface area contributed by atoms with E-state index < -0.39 is 15.8 Å². The van der Waals surface area contributed by atoms with Gasteiger partial charge in [0.05, 0.1) is 16.8 Å². The van der Waals surface area contributed by atoms with Crippen LogP contribution in [0.3, 0.4) is 0 Å². The molecule has 0 aliphatic rings. The van der Waals surface area contributed by atoms with Crippen molar-refractivity contribution in [3.8, 4) is 5.82 Å². The van der Waals surface area contributed by atoms with Gasteiger partial charge in [-0.25, -0.2) is 22.5 Å². The summed E-state index contributed by atoms with van der Waals surface area (Å²) in [5.41, 5.74) is 2.39. The zero-order chi connectivity index (χ0) is 22.0. The number of hydrogen-bond acceptors (Lipinski definition) is 4. The van der Waals surface area contributed by atoms with Crippen molar-refractivity contribution in [2.24, 2.45) is 0 Å². The van der Waals surface area contributed by atoms with Crippen LogP contribution in [0.25, 0.3) is 5.82 Å². The number of H-pyrrole nitrogens is 1. The van der Waals surface area contributed by atoms with Gasteiger partial charge >= 0.3 is 0 Å². The lowest BCUT2D eigenvalue weighted by Gasteiger charge is -2.08. The number of aryl methyl sites for hydroxylation is 1. The summed E-state index contributed by atoms with van der Waals surface area (Å²) >= 11 is 0. The van der Waals surface area contributed by atoms with Gasteiger partial charge in [0, 0.05) is 17.7 Å². The van der Waals surface area contributed by atoms with Gasteiger partial charge in [-0.05, 0) is 48.9 Å². The fourth-order valence-corrected chi connectivity index (χ4v) is 4.20. The smallest absolute Gasteiger partial charge is 0.276 e. The van der Waals surface area contributed by atoms with Crippen molar-refractivity contribution in [3.05, 3.63) is 106 Å². The Morgan fingerprint density at radius 2 is 1.74 bits per heavy atom. The number of hydrogen-bond donors (Lipinski definition) is 2. The third kappa shape index (κ3) is 4.41. The predicted molar refractivity (Wildman–Crippen MR) is 115 cm³/mol. The summed E-state index contributed by atoms with van der Waals surface area (Å²) in [6, 6.07) is 17.2. The van der Waals surface area contributed by atoms with Crippen LogP contribution >= 0.6 is 0 Å². The molecule has 0 amide bonds. The molecule has 31 heavy (non-hydrogen) atoms. The molecule has 0 aliphatic heterocycles. The number of nitrogens with one attached hydrogen (secondary N) is 2. The van der Waals surface area contributed by atoms with Crippen LogP contribution in [0.1, 0.15) is 16.8 Å². The van der Waals surface area contributed by atoms with Crippen molar-refractivity contribution in [2.45, 2.75) is 18.2 Å². The fourth-order valence-electron chi connectivity index (χ4n) is 3.16. The summed E-state index contributed by atoms with van der Waals surface area (Å²) in [4.78, 5) is 17.0. The Kier molecular flexibility index (Phi) is 5.43. The Morgan fingerprint density at radius 1 is 1.03 bits per heavy atom. The van der Waals surface area contributed by atoms with Crippen LogP contribution in [0.15, 0.2) is 82.6 Å². The van der Waals surface area contributed by atoms with Gasteiger partial charge in [-0.3, -0.25) is 14.6 Å². The molecule has 4 aromatic rings. The second-order valence-corrected chi connectivity index (χ2v) is 8.67. The van der Waals surface area contributed by atoms with E-state index in [2.05, 4.69) is 14.8 Å². The molecule has 2 heterocycles. The van der Waals surface area contributed by atoms with E-state index in [9.17, 15) is 17.6 Å². The molecule has 4 rings (SSSR count). The number of halogens is 1. The van der Waals surface area contributed by atoms with Crippen molar-refractivity contribution in [3.63, 3.8) is 0 Å². The highest BCUT2D eigenvalue weighted by Gasteiger charge is 2.16. The molecule has 0 spiro atoms. The number of nitrogens with zero attached hydrogens (tertiary/aromatic N) is 2. The molecule has 0 aliphatic carbocycles. The van der Waals surface area contributed by atoms with Gasteiger partial charge in [-0.2, -0.15) is 0 Å². The van der Waals surface area contributed by atoms with Gasteiger partial charge in [-0.1, -0.05) is 30.3 Å². The molecule has 0 unspecified atom stereocenters. The summed E-state index contributed by atoms with van der Waals surface area (Å²) in [6.45, 7) is 1.82. The zero-order valence-electron chi connectivity index (χ0n) is 16.5. The summed E-state index contributed by atoms with van der Waals surface area (Å²) in [6.07, 6.45) is 1.81. The number of aromatic amines is 1. The quantitative estimate of drug-likeness (QED) is 0.482. The van der Waals surface area contributed by atoms with Crippen LogP contribution in [-0.2, 0) is 16.4 Å². The Balaban J connectivity index is 1.57. The predicted octanol–water partition coefficient (Wildman–Crippen LogP) is 3.40. The van der Waals surface area contributed by atoms with Crippen molar-refractivity contribution in [2.75, 3.05) is 4.72 Å². The molecule has 2 aromatic carbocycles. The van der Waals surface area contributed by atoms with Gasteiger partial charge < -0.3 is 0 Å². The number of rotatable bonds is 6. The largest absolute Gasteiger partial charge is 0.294 e. The maximum Gasteiger partial charge on any atom is 0.276 e.